The molecule has 0 radical (unpaired) electrons. The fraction of sp³-hybridized carbons (Fsp3) is 0.167. The zero-order valence-electron chi connectivity index (χ0n) is 14.1. The molecule has 0 aliphatic rings. The SMILES string of the molecule is COc1cc(C)c(S(=O)(=O)Nc2oncc2-c2ccccc2)cc1C. The van der Waals surface area contributed by atoms with Gasteiger partial charge in [-0.2, -0.15) is 0 Å². The van der Waals surface area contributed by atoms with Crippen LogP contribution < -0.4 is 9.46 Å². The number of nitrogens with one attached hydrogen (secondary N) is 1. The number of anilines is 1. The van der Waals surface area contributed by atoms with Gasteiger partial charge in [0.15, 0.2) is 0 Å². The van der Waals surface area contributed by atoms with Gasteiger partial charge >= 0.3 is 0 Å². The van der Waals surface area contributed by atoms with Crippen LogP contribution in [0.2, 0.25) is 0 Å². The molecule has 130 valence electrons. The van der Waals surface area contributed by atoms with Gasteiger partial charge in [0.1, 0.15) is 5.75 Å². The van der Waals surface area contributed by atoms with E-state index in [0.29, 0.717) is 16.9 Å². The zero-order valence-corrected chi connectivity index (χ0v) is 14.9. The number of rotatable bonds is 5. The lowest BCUT2D eigenvalue weighted by molar-refractivity contribution is 0.411. The first-order valence-electron chi connectivity index (χ1n) is 7.60. The molecule has 0 aliphatic heterocycles. The van der Waals surface area contributed by atoms with Crippen LogP contribution >= 0.6 is 0 Å². The Bertz CT molecular complexity index is 995. The summed E-state index contributed by atoms with van der Waals surface area (Å²) in [6.07, 6.45) is 1.49. The van der Waals surface area contributed by atoms with Gasteiger partial charge in [-0.1, -0.05) is 35.5 Å². The number of nitrogens with zero attached hydrogens (tertiary/aromatic N) is 1. The summed E-state index contributed by atoms with van der Waals surface area (Å²) in [6.45, 7) is 3.51. The molecule has 0 bridgehead atoms. The van der Waals surface area contributed by atoms with E-state index in [0.717, 1.165) is 11.1 Å². The first kappa shape index (κ1) is 17.0. The molecule has 1 heterocycles. The minimum Gasteiger partial charge on any atom is -0.496 e. The number of aryl methyl sites for hydroxylation is 2. The number of ether oxygens (including phenoxy) is 1. The van der Waals surface area contributed by atoms with Gasteiger partial charge in [-0.3, -0.25) is 0 Å². The molecule has 3 rings (SSSR count). The number of sulfonamides is 1. The van der Waals surface area contributed by atoms with Crippen LogP contribution in [0.15, 0.2) is 58.1 Å². The Hall–Kier alpha value is -2.80. The highest BCUT2D eigenvalue weighted by Crippen LogP contribution is 2.31. The summed E-state index contributed by atoms with van der Waals surface area (Å²) in [5.74, 6) is 0.722. The van der Waals surface area contributed by atoms with Crippen molar-refractivity contribution in [1.29, 1.82) is 0 Å². The summed E-state index contributed by atoms with van der Waals surface area (Å²) in [5.41, 5.74) is 2.70. The molecule has 1 aromatic heterocycles. The highest BCUT2D eigenvalue weighted by Gasteiger charge is 2.22. The van der Waals surface area contributed by atoms with Crippen LogP contribution in [-0.4, -0.2) is 20.7 Å². The quantitative estimate of drug-likeness (QED) is 0.751. The van der Waals surface area contributed by atoms with Gasteiger partial charge < -0.3 is 9.26 Å². The summed E-state index contributed by atoms with van der Waals surface area (Å²) in [7, 11) is -2.28. The molecule has 0 aliphatic carbocycles. The van der Waals surface area contributed by atoms with E-state index < -0.39 is 10.0 Å². The maximum atomic E-state index is 12.8. The molecular formula is C18H18N2O4S. The highest BCUT2D eigenvalue weighted by molar-refractivity contribution is 7.92. The summed E-state index contributed by atoms with van der Waals surface area (Å²) in [6, 6.07) is 12.6. The fourth-order valence-corrected chi connectivity index (χ4v) is 3.90. The van der Waals surface area contributed by atoms with Crippen molar-refractivity contribution in [2.75, 3.05) is 11.8 Å². The Kier molecular flexibility index (Phi) is 4.50. The molecular weight excluding hydrogens is 340 g/mol. The molecule has 0 amide bonds. The van der Waals surface area contributed by atoms with E-state index in [1.165, 1.54) is 6.20 Å². The van der Waals surface area contributed by atoms with Gasteiger partial charge in [0.25, 0.3) is 10.0 Å². The van der Waals surface area contributed by atoms with Gasteiger partial charge in [0.05, 0.1) is 23.8 Å². The van der Waals surface area contributed by atoms with Crippen molar-refractivity contribution in [1.82, 2.24) is 5.16 Å². The maximum absolute atomic E-state index is 12.8. The normalized spacial score (nSPS) is 11.3. The monoisotopic (exact) mass is 358 g/mol. The summed E-state index contributed by atoms with van der Waals surface area (Å²) < 4.78 is 38.5. The van der Waals surface area contributed by atoms with Crippen LogP contribution in [0, 0.1) is 13.8 Å². The Morgan fingerprint density at radius 2 is 1.80 bits per heavy atom. The minimum atomic E-state index is -3.83. The lowest BCUT2D eigenvalue weighted by atomic mass is 10.1. The van der Waals surface area contributed by atoms with Crippen molar-refractivity contribution in [2.45, 2.75) is 18.7 Å². The smallest absolute Gasteiger partial charge is 0.264 e. The summed E-state index contributed by atoms with van der Waals surface area (Å²) >= 11 is 0. The average Bonchev–Trinajstić information content (AvgIpc) is 3.04. The molecule has 3 aromatic rings. The maximum Gasteiger partial charge on any atom is 0.264 e. The summed E-state index contributed by atoms with van der Waals surface area (Å²) in [4.78, 5) is 0.168. The van der Waals surface area contributed by atoms with Gasteiger partial charge in [-0.15, -0.1) is 0 Å². The van der Waals surface area contributed by atoms with Crippen LogP contribution in [0.25, 0.3) is 11.1 Å². The Balaban J connectivity index is 1.99. The van der Waals surface area contributed by atoms with E-state index in [9.17, 15) is 8.42 Å². The molecule has 0 saturated heterocycles. The topological polar surface area (TPSA) is 81.4 Å². The van der Waals surface area contributed by atoms with Gasteiger partial charge in [-0.25, -0.2) is 13.1 Å². The molecule has 0 spiro atoms. The average molecular weight is 358 g/mol. The number of hydrogen-bond donors (Lipinski definition) is 1. The third-order valence-electron chi connectivity index (χ3n) is 3.86. The molecule has 25 heavy (non-hydrogen) atoms. The second-order valence-corrected chi connectivity index (χ2v) is 7.28. The third kappa shape index (κ3) is 3.36. The number of methoxy groups -OCH3 is 1. The fourth-order valence-electron chi connectivity index (χ4n) is 2.59. The molecule has 0 saturated carbocycles. The van der Waals surface area contributed by atoms with Crippen molar-refractivity contribution in [3.63, 3.8) is 0 Å². The number of hydrogen-bond acceptors (Lipinski definition) is 5. The van der Waals surface area contributed by atoms with Crippen molar-refractivity contribution in [3.8, 4) is 16.9 Å². The van der Waals surface area contributed by atoms with E-state index >= 15 is 0 Å². The molecule has 1 N–H and O–H groups in total. The number of aromatic nitrogens is 1. The zero-order chi connectivity index (χ0) is 18.0. The standard InChI is InChI=1S/C18H18N2O4S/c1-12-10-17(13(2)9-16(12)23-3)25(21,22)20-18-15(11-19-24-18)14-7-5-4-6-8-14/h4-11,20H,1-3H3. The van der Waals surface area contributed by atoms with E-state index in [1.54, 1.807) is 33.1 Å². The van der Waals surface area contributed by atoms with Crippen molar-refractivity contribution >= 4 is 15.9 Å². The first-order chi connectivity index (χ1) is 11.9. The Morgan fingerprint density at radius 1 is 1.08 bits per heavy atom. The van der Waals surface area contributed by atoms with Gasteiger partial charge in [-0.05, 0) is 42.7 Å². The molecule has 0 atom stereocenters. The van der Waals surface area contributed by atoms with Crippen LogP contribution in [0.4, 0.5) is 5.88 Å². The van der Waals surface area contributed by atoms with Crippen LogP contribution in [0.3, 0.4) is 0 Å². The second-order valence-electron chi connectivity index (χ2n) is 5.63. The predicted molar refractivity (Wildman–Crippen MR) is 95.2 cm³/mol. The lowest BCUT2D eigenvalue weighted by Crippen LogP contribution is -2.14. The highest BCUT2D eigenvalue weighted by atomic mass is 32.2. The van der Waals surface area contributed by atoms with Crippen LogP contribution in [0.1, 0.15) is 11.1 Å². The third-order valence-corrected chi connectivity index (χ3v) is 5.34. The van der Waals surface area contributed by atoms with E-state index in [-0.39, 0.29) is 10.8 Å². The van der Waals surface area contributed by atoms with E-state index in [2.05, 4.69) is 9.88 Å². The van der Waals surface area contributed by atoms with Crippen molar-refractivity contribution < 1.29 is 17.7 Å². The molecule has 2 aromatic carbocycles. The van der Waals surface area contributed by atoms with Crippen LogP contribution in [-0.2, 0) is 10.0 Å². The number of benzene rings is 2. The van der Waals surface area contributed by atoms with Gasteiger partial charge in [0, 0.05) is 0 Å². The Labute approximate surface area is 146 Å². The molecule has 0 fully saturated rings. The van der Waals surface area contributed by atoms with Crippen molar-refractivity contribution in [3.05, 3.63) is 59.8 Å². The van der Waals surface area contributed by atoms with E-state index in [1.807, 2.05) is 30.3 Å². The van der Waals surface area contributed by atoms with Gasteiger partial charge in [0.2, 0.25) is 5.88 Å². The second kappa shape index (κ2) is 6.60. The molecule has 6 nitrogen and oxygen atoms in total. The van der Waals surface area contributed by atoms with Crippen molar-refractivity contribution in [2.24, 2.45) is 0 Å². The van der Waals surface area contributed by atoms with Crippen LogP contribution in [0.5, 0.6) is 5.75 Å². The van der Waals surface area contributed by atoms with E-state index in [4.69, 9.17) is 9.26 Å². The molecule has 7 heteroatoms. The summed E-state index contributed by atoms with van der Waals surface area (Å²) in [5, 5.41) is 3.72. The Morgan fingerprint density at radius 3 is 2.48 bits per heavy atom. The molecule has 0 unspecified atom stereocenters. The largest absolute Gasteiger partial charge is 0.496 e. The minimum absolute atomic E-state index is 0.0825. The first-order valence-corrected chi connectivity index (χ1v) is 9.09. The lowest BCUT2D eigenvalue weighted by Gasteiger charge is -2.12. The predicted octanol–water partition coefficient (Wildman–Crippen LogP) is 3.77.